The van der Waals surface area contributed by atoms with Gasteiger partial charge >= 0.3 is 0 Å². The standard InChI is InChI=1S/C13H10BrIN2O2/c14-10-3-8-1-2-19-13(8)9(4-10)7-17-12(18)5-11(15)6-16-17/h3-6H,1-2,7H2. The third-order valence-corrected chi connectivity index (χ3v) is 4.03. The van der Waals surface area contributed by atoms with E-state index in [1.807, 2.05) is 6.07 Å². The molecular weight excluding hydrogens is 423 g/mol. The first-order valence-corrected chi connectivity index (χ1v) is 7.67. The third kappa shape index (κ3) is 2.69. The SMILES string of the molecule is O=c1cc(I)cnn1Cc1cc(Br)cc2c1OCC2. The smallest absolute Gasteiger partial charge is 0.268 e. The summed E-state index contributed by atoms with van der Waals surface area (Å²) in [7, 11) is 0. The van der Waals surface area contributed by atoms with Crippen molar-refractivity contribution in [3.05, 3.63) is 53.9 Å². The van der Waals surface area contributed by atoms with Crippen LogP contribution < -0.4 is 10.3 Å². The van der Waals surface area contributed by atoms with E-state index in [1.54, 1.807) is 12.3 Å². The summed E-state index contributed by atoms with van der Waals surface area (Å²) in [5.74, 6) is 0.899. The lowest BCUT2D eigenvalue weighted by molar-refractivity contribution is 0.352. The average Bonchev–Trinajstić information content (AvgIpc) is 2.80. The number of nitrogens with zero attached hydrogens (tertiary/aromatic N) is 2. The van der Waals surface area contributed by atoms with Gasteiger partial charge in [0.25, 0.3) is 5.56 Å². The molecule has 0 bridgehead atoms. The first-order chi connectivity index (χ1) is 9.13. The molecule has 6 heteroatoms. The van der Waals surface area contributed by atoms with E-state index in [1.165, 1.54) is 10.2 Å². The minimum atomic E-state index is -0.0985. The molecule has 0 N–H and O–H groups in total. The zero-order valence-corrected chi connectivity index (χ0v) is 13.6. The van der Waals surface area contributed by atoms with Gasteiger partial charge in [0.15, 0.2) is 0 Å². The molecular formula is C13H10BrIN2O2. The minimum absolute atomic E-state index is 0.0985. The van der Waals surface area contributed by atoms with E-state index in [-0.39, 0.29) is 5.56 Å². The summed E-state index contributed by atoms with van der Waals surface area (Å²) >= 11 is 5.57. The fourth-order valence-corrected chi connectivity index (χ4v) is 3.10. The van der Waals surface area contributed by atoms with Crippen LogP contribution in [0, 0.1) is 3.57 Å². The van der Waals surface area contributed by atoms with Gasteiger partial charge in [0.05, 0.1) is 19.3 Å². The number of hydrogen-bond acceptors (Lipinski definition) is 3. The number of fused-ring (bicyclic) bond motifs is 1. The van der Waals surface area contributed by atoms with Gasteiger partial charge in [-0.15, -0.1) is 0 Å². The van der Waals surface area contributed by atoms with Crippen molar-refractivity contribution in [2.24, 2.45) is 0 Å². The normalized spacial score (nSPS) is 13.2. The Kier molecular flexibility index (Phi) is 3.62. The highest BCUT2D eigenvalue weighted by Gasteiger charge is 2.18. The second-order valence-corrected chi connectivity index (χ2v) is 6.48. The van der Waals surface area contributed by atoms with Crippen LogP contribution >= 0.6 is 38.5 Å². The van der Waals surface area contributed by atoms with Gasteiger partial charge in [0, 0.05) is 26.1 Å². The maximum Gasteiger partial charge on any atom is 0.268 e. The van der Waals surface area contributed by atoms with Crippen LogP contribution in [-0.4, -0.2) is 16.4 Å². The summed E-state index contributed by atoms with van der Waals surface area (Å²) in [6.07, 6.45) is 2.60. The first-order valence-electron chi connectivity index (χ1n) is 5.80. The van der Waals surface area contributed by atoms with Crippen LogP contribution in [0.2, 0.25) is 0 Å². The summed E-state index contributed by atoms with van der Waals surface area (Å²) in [5.41, 5.74) is 2.07. The Balaban J connectivity index is 2.02. The monoisotopic (exact) mass is 432 g/mol. The number of ether oxygens (including phenoxy) is 1. The highest BCUT2D eigenvalue weighted by Crippen LogP contribution is 2.33. The van der Waals surface area contributed by atoms with Gasteiger partial charge < -0.3 is 4.74 Å². The maximum atomic E-state index is 11.9. The zero-order valence-electron chi connectivity index (χ0n) is 9.90. The molecule has 2 aromatic rings. The van der Waals surface area contributed by atoms with Crippen molar-refractivity contribution in [1.29, 1.82) is 0 Å². The molecule has 19 heavy (non-hydrogen) atoms. The Bertz CT molecular complexity index is 700. The molecule has 0 aliphatic carbocycles. The number of aromatic nitrogens is 2. The topological polar surface area (TPSA) is 44.1 Å². The average molecular weight is 433 g/mol. The van der Waals surface area contributed by atoms with E-state index >= 15 is 0 Å². The molecule has 0 fully saturated rings. The molecule has 0 saturated heterocycles. The van der Waals surface area contributed by atoms with E-state index in [0.29, 0.717) is 13.2 Å². The molecule has 0 saturated carbocycles. The van der Waals surface area contributed by atoms with Gasteiger partial charge in [-0.25, -0.2) is 4.68 Å². The largest absolute Gasteiger partial charge is 0.493 e. The Morgan fingerprint density at radius 2 is 2.26 bits per heavy atom. The van der Waals surface area contributed by atoms with Crippen LogP contribution in [0.15, 0.2) is 33.7 Å². The van der Waals surface area contributed by atoms with Crippen LogP contribution in [0.5, 0.6) is 5.75 Å². The molecule has 1 aromatic heterocycles. The highest BCUT2D eigenvalue weighted by molar-refractivity contribution is 14.1. The van der Waals surface area contributed by atoms with Crippen LogP contribution in [0.1, 0.15) is 11.1 Å². The molecule has 4 nitrogen and oxygen atoms in total. The molecule has 0 radical (unpaired) electrons. The molecule has 1 aliphatic heterocycles. The fraction of sp³-hybridized carbons (Fsp3) is 0.231. The predicted molar refractivity (Wildman–Crippen MR) is 83.7 cm³/mol. The lowest BCUT2D eigenvalue weighted by atomic mass is 10.1. The summed E-state index contributed by atoms with van der Waals surface area (Å²) in [5, 5.41) is 4.15. The summed E-state index contributed by atoms with van der Waals surface area (Å²) in [4.78, 5) is 11.9. The van der Waals surface area contributed by atoms with E-state index in [9.17, 15) is 4.79 Å². The third-order valence-electron chi connectivity index (χ3n) is 2.98. The fourth-order valence-electron chi connectivity index (χ4n) is 2.16. The van der Waals surface area contributed by atoms with Crippen LogP contribution in [0.4, 0.5) is 0 Å². The summed E-state index contributed by atoms with van der Waals surface area (Å²) in [6.45, 7) is 1.13. The van der Waals surface area contributed by atoms with Gasteiger partial charge in [0.1, 0.15) is 5.75 Å². The summed E-state index contributed by atoms with van der Waals surface area (Å²) in [6, 6.07) is 5.62. The highest BCUT2D eigenvalue weighted by atomic mass is 127. The van der Waals surface area contributed by atoms with Crippen molar-refractivity contribution in [3.63, 3.8) is 0 Å². The Labute approximate surface area is 132 Å². The lowest BCUT2D eigenvalue weighted by Gasteiger charge is -2.10. The van der Waals surface area contributed by atoms with Gasteiger partial charge in [-0.2, -0.15) is 5.10 Å². The molecule has 1 aromatic carbocycles. The van der Waals surface area contributed by atoms with E-state index in [2.05, 4.69) is 49.7 Å². The molecule has 0 amide bonds. The molecule has 0 unspecified atom stereocenters. The molecule has 0 atom stereocenters. The number of rotatable bonds is 2. The quantitative estimate of drug-likeness (QED) is 0.685. The van der Waals surface area contributed by atoms with E-state index in [0.717, 1.165) is 25.8 Å². The van der Waals surface area contributed by atoms with Crippen LogP contribution in [0.3, 0.4) is 0 Å². The predicted octanol–water partition coefficient (Wildman–Crippen LogP) is 2.59. The van der Waals surface area contributed by atoms with E-state index in [4.69, 9.17) is 4.74 Å². The number of halogens is 2. The van der Waals surface area contributed by atoms with Crippen molar-refractivity contribution in [2.45, 2.75) is 13.0 Å². The molecule has 1 aliphatic rings. The zero-order chi connectivity index (χ0) is 13.4. The lowest BCUT2D eigenvalue weighted by Crippen LogP contribution is -2.23. The Morgan fingerprint density at radius 1 is 1.42 bits per heavy atom. The van der Waals surface area contributed by atoms with Crippen molar-refractivity contribution < 1.29 is 4.74 Å². The van der Waals surface area contributed by atoms with Crippen molar-refractivity contribution in [3.8, 4) is 5.75 Å². The molecule has 3 rings (SSSR count). The van der Waals surface area contributed by atoms with Crippen molar-refractivity contribution in [1.82, 2.24) is 9.78 Å². The van der Waals surface area contributed by atoms with Crippen LogP contribution in [-0.2, 0) is 13.0 Å². The minimum Gasteiger partial charge on any atom is -0.493 e. The van der Waals surface area contributed by atoms with Gasteiger partial charge in [-0.3, -0.25) is 4.79 Å². The van der Waals surface area contributed by atoms with Gasteiger partial charge in [-0.05, 0) is 40.3 Å². The maximum absolute atomic E-state index is 11.9. The van der Waals surface area contributed by atoms with Crippen LogP contribution in [0.25, 0.3) is 0 Å². The van der Waals surface area contributed by atoms with E-state index < -0.39 is 0 Å². The number of benzene rings is 1. The van der Waals surface area contributed by atoms with Crippen molar-refractivity contribution >= 4 is 38.5 Å². The molecule has 2 heterocycles. The molecule has 0 spiro atoms. The number of hydrogen-bond donors (Lipinski definition) is 0. The van der Waals surface area contributed by atoms with Crippen molar-refractivity contribution in [2.75, 3.05) is 6.61 Å². The van der Waals surface area contributed by atoms with Gasteiger partial charge in [0.2, 0.25) is 0 Å². The Hall–Kier alpha value is -0.890. The second-order valence-electron chi connectivity index (χ2n) is 4.32. The van der Waals surface area contributed by atoms with Gasteiger partial charge in [-0.1, -0.05) is 15.9 Å². The summed E-state index contributed by atoms with van der Waals surface area (Å²) < 4.78 is 8.95. The first kappa shape index (κ1) is 13.1. The second kappa shape index (κ2) is 5.24. The molecule has 98 valence electrons. The Morgan fingerprint density at radius 3 is 3.05 bits per heavy atom.